The summed E-state index contributed by atoms with van der Waals surface area (Å²) in [5.74, 6) is -0.755. The molecule has 1 aliphatic heterocycles. The molecular weight excluding hydrogens is 410 g/mol. The highest BCUT2D eigenvalue weighted by Gasteiger charge is 2.45. The number of hydrogen-bond donors (Lipinski definition) is 1. The number of methoxy groups -OCH3 is 1. The molecule has 1 N–H and O–H groups in total. The van der Waals surface area contributed by atoms with Gasteiger partial charge in [-0.2, -0.15) is 0 Å². The number of ether oxygens (including phenoxy) is 3. The molecule has 7 nitrogen and oxygen atoms in total. The number of carbonyl (C=O) groups excluding carboxylic acids is 2. The van der Waals surface area contributed by atoms with Crippen molar-refractivity contribution in [3.05, 3.63) is 65.7 Å². The summed E-state index contributed by atoms with van der Waals surface area (Å²) >= 11 is 0. The summed E-state index contributed by atoms with van der Waals surface area (Å²) < 4.78 is 16.3. The second-order valence-corrected chi connectivity index (χ2v) is 8.28. The maximum Gasteiger partial charge on any atom is 0.417 e. The van der Waals surface area contributed by atoms with Crippen LogP contribution in [0.3, 0.4) is 0 Å². The number of rotatable bonds is 9. The lowest BCUT2D eigenvalue weighted by atomic mass is 9.92. The molecule has 172 valence electrons. The van der Waals surface area contributed by atoms with E-state index in [9.17, 15) is 14.7 Å². The third kappa shape index (κ3) is 5.29. The van der Waals surface area contributed by atoms with Crippen molar-refractivity contribution < 1.29 is 28.9 Å². The quantitative estimate of drug-likeness (QED) is 0.634. The van der Waals surface area contributed by atoms with Gasteiger partial charge in [0, 0.05) is 5.92 Å². The fraction of sp³-hybridized carbons (Fsp3) is 0.440. The van der Waals surface area contributed by atoms with E-state index in [1.807, 2.05) is 61.5 Å². The highest BCUT2D eigenvalue weighted by atomic mass is 16.6. The normalized spacial score (nSPS) is 21.0. The number of nitrogens with zero attached hydrogens (tertiary/aromatic N) is 1. The minimum Gasteiger partial charge on any atom is -0.497 e. The Morgan fingerprint density at radius 2 is 1.78 bits per heavy atom. The van der Waals surface area contributed by atoms with Gasteiger partial charge in [0.25, 0.3) is 0 Å². The molecule has 1 saturated heterocycles. The number of benzene rings is 2. The van der Waals surface area contributed by atoms with Gasteiger partial charge < -0.3 is 19.3 Å². The SMILES string of the molecule is COc1ccc(COC[C@H](C)[C@H](O)[C@@H](C)C(=O)N2C(=O)O[C@@H](c3ccccc3)[C@H]2C)cc1. The standard InChI is InChI=1S/C25H31NO6/c1-16(14-31-15-19-10-12-21(30-4)13-11-19)22(27)17(2)24(28)26-18(3)23(32-25(26)29)20-8-6-5-7-9-20/h5-13,16-18,22-23,27H,14-15H2,1-4H3/t16-,17+,18+,22-,23+/m0/s1. The lowest BCUT2D eigenvalue weighted by Gasteiger charge is -2.28. The van der Waals surface area contributed by atoms with Crippen LogP contribution >= 0.6 is 0 Å². The third-order valence-electron chi connectivity index (χ3n) is 5.93. The molecule has 1 heterocycles. The molecule has 2 aromatic rings. The highest BCUT2D eigenvalue weighted by Crippen LogP contribution is 2.34. The van der Waals surface area contributed by atoms with Gasteiger partial charge >= 0.3 is 6.09 Å². The van der Waals surface area contributed by atoms with E-state index < -0.39 is 36.2 Å². The zero-order chi connectivity index (χ0) is 23.3. The summed E-state index contributed by atoms with van der Waals surface area (Å²) in [6, 6.07) is 16.4. The molecule has 1 fully saturated rings. The fourth-order valence-corrected chi connectivity index (χ4v) is 3.89. The van der Waals surface area contributed by atoms with Crippen molar-refractivity contribution in [2.75, 3.05) is 13.7 Å². The van der Waals surface area contributed by atoms with E-state index >= 15 is 0 Å². The molecule has 0 radical (unpaired) electrons. The van der Waals surface area contributed by atoms with Gasteiger partial charge in [0.05, 0.1) is 38.4 Å². The predicted octanol–water partition coefficient (Wildman–Crippen LogP) is 3.95. The Hall–Kier alpha value is -2.90. The van der Waals surface area contributed by atoms with Crippen LogP contribution in [-0.2, 0) is 20.9 Å². The molecule has 1 aliphatic rings. The fourth-order valence-electron chi connectivity index (χ4n) is 3.89. The van der Waals surface area contributed by atoms with E-state index in [-0.39, 0.29) is 12.5 Å². The number of aliphatic hydroxyl groups is 1. The highest BCUT2D eigenvalue weighted by molar-refractivity contribution is 5.95. The van der Waals surface area contributed by atoms with E-state index in [1.54, 1.807) is 21.0 Å². The molecule has 0 spiro atoms. The van der Waals surface area contributed by atoms with E-state index in [1.165, 1.54) is 0 Å². The summed E-state index contributed by atoms with van der Waals surface area (Å²) in [5.41, 5.74) is 1.81. The first-order valence-electron chi connectivity index (χ1n) is 10.8. The van der Waals surface area contributed by atoms with Gasteiger partial charge in [0.1, 0.15) is 11.9 Å². The molecule has 0 aromatic heterocycles. The van der Waals surface area contributed by atoms with Gasteiger partial charge in [-0.05, 0) is 30.2 Å². The largest absolute Gasteiger partial charge is 0.497 e. The first-order chi connectivity index (χ1) is 15.3. The van der Waals surface area contributed by atoms with E-state index in [2.05, 4.69) is 0 Å². The lowest BCUT2D eigenvalue weighted by Crippen LogP contribution is -2.45. The number of imide groups is 1. The Morgan fingerprint density at radius 3 is 2.41 bits per heavy atom. The molecule has 2 aromatic carbocycles. The van der Waals surface area contributed by atoms with E-state index in [0.717, 1.165) is 21.8 Å². The molecule has 5 atom stereocenters. The minimum atomic E-state index is -0.964. The molecule has 0 unspecified atom stereocenters. The monoisotopic (exact) mass is 441 g/mol. The van der Waals surface area contributed by atoms with Crippen molar-refractivity contribution in [3.8, 4) is 5.75 Å². The second-order valence-electron chi connectivity index (χ2n) is 8.28. The van der Waals surface area contributed by atoms with E-state index in [4.69, 9.17) is 14.2 Å². The van der Waals surface area contributed by atoms with Crippen LogP contribution in [0.25, 0.3) is 0 Å². The van der Waals surface area contributed by atoms with Crippen molar-refractivity contribution >= 4 is 12.0 Å². The molecule has 0 bridgehead atoms. The number of cyclic esters (lactones) is 1. The van der Waals surface area contributed by atoms with Gasteiger partial charge in [-0.15, -0.1) is 0 Å². The number of carbonyl (C=O) groups is 2. The van der Waals surface area contributed by atoms with Crippen LogP contribution in [0.1, 0.15) is 38.0 Å². The Bertz CT molecular complexity index is 900. The van der Waals surface area contributed by atoms with Crippen LogP contribution in [0.5, 0.6) is 5.75 Å². The molecule has 0 saturated carbocycles. The molecule has 32 heavy (non-hydrogen) atoms. The van der Waals surface area contributed by atoms with Crippen molar-refractivity contribution in [2.24, 2.45) is 11.8 Å². The number of hydrogen-bond acceptors (Lipinski definition) is 6. The van der Waals surface area contributed by atoms with Crippen LogP contribution in [0.4, 0.5) is 4.79 Å². The molecule has 0 aliphatic carbocycles. The molecule has 3 rings (SSSR count). The topological polar surface area (TPSA) is 85.3 Å². The lowest BCUT2D eigenvalue weighted by molar-refractivity contribution is -0.138. The number of aliphatic hydroxyl groups excluding tert-OH is 1. The Labute approximate surface area is 188 Å². The van der Waals surface area contributed by atoms with Crippen LogP contribution in [0.2, 0.25) is 0 Å². The summed E-state index contributed by atoms with van der Waals surface area (Å²) in [7, 11) is 1.61. The van der Waals surface area contributed by atoms with Crippen LogP contribution in [0, 0.1) is 11.8 Å². The van der Waals surface area contributed by atoms with Crippen LogP contribution < -0.4 is 4.74 Å². The maximum absolute atomic E-state index is 13.1. The van der Waals surface area contributed by atoms with Gasteiger partial charge in [0.2, 0.25) is 5.91 Å². The first kappa shape index (κ1) is 23.8. The molecular formula is C25H31NO6. The Morgan fingerprint density at radius 1 is 1.12 bits per heavy atom. The zero-order valence-electron chi connectivity index (χ0n) is 18.9. The number of amides is 2. The Kier molecular flexibility index (Phi) is 7.88. The summed E-state index contributed by atoms with van der Waals surface area (Å²) in [5, 5.41) is 10.7. The van der Waals surface area contributed by atoms with E-state index in [0.29, 0.717) is 6.61 Å². The Balaban J connectivity index is 1.55. The summed E-state index contributed by atoms with van der Waals surface area (Å²) in [6.07, 6.45) is -2.17. The van der Waals surface area contributed by atoms with Gasteiger partial charge in [-0.25, -0.2) is 9.69 Å². The van der Waals surface area contributed by atoms with Crippen LogP contribution in [-0.4, -0.2) is 47.9 Å². The minimum absolute atomic E-state index is 0.275. The molecule has 2 amide bonds. The van der Waals surface area contributed by atoms with Gasteiger partial charge in [-0.1, -0.05) is 56.3 Å². The third-order valence-corrected chi connectivity index (χ3v) is 5.93. The first-order valence-corrected chi connectivity index (χ1v) is 10.8. The van der Waals surface area contributed by atoms with Crippen molar-refractivity contribution in [1.29, 1.82) is 0 Å². The van der Waals surface area contributed by atoms with Crippen molar-refractivity contribution in [3.63, 3.8) is 0 Å². The second kappa shape index (κ2) is 10.6. The van der Waals surface area contributed by atoms with Gasteiger partial charge in [0.15, 0.2) is 0 Å². The predicted molar refractivity (Wildman–Crippen MR) is 119 cm³/mol. The van der Waals surface area contributed by atoms with Crippen LogP contribution in [0.15, 0.2) is 54.6 Å². The molecule has 7 heteroatoms. The van der Waals surface area contributed by atoms with Crippen molar-refractivity contribution in [2.45, 2.75) is 45.6 Å². The average molecular weight is 442 g/mol. The van der Waals surface area contributed by atoms with Crippen molar-refractivity contribution in [1.82, 2.24) is 4.90 Å². The maximum atomic E-state index is 13.1. The average Bonchev–Trinajstić information content (AvgIpc) is 3.12. The van der Waals surface area contributed by atoms with Gasteiger partial charge in [-0.3, -0.25) is 4.79 Å². The smallest absolute Gasteiger partial charge is 0.417 e. The summed E-state index contributed by atoms with van der Waals surface area (Å²) in [4.78, 5) is 26.6. The summed E-state index contributed by atoms with van der Waals surface area (Å²) in [6.45, 7) is 5.89. The zero-order valence-corrected chi connectivity index (χ0v) is 18.9.